The van der Waals surface area contributed by atoms with E-state index in [0.29, 0.717) is 18.8 Å². The quantitative estimate of drug-likeness (QED) is 0.576. The second kappa shape index (κ2) is 5.79. The Labute approximate surface area is 171 Å². The van der Waals surface area contributed by atoms with Crippen LogP contribution in [0.25, 0.3) is 0 Å². The second-order valence-corrected chi connectivity index (χ2v) is 10.3. The maximum atomic E-state index is 13.0. The zero-order valence-corrected chi connectivity index (χ0v) is 17.5. The third-order valence-corrected chi connectivity index (χ3v) is 9.38. The summed E-state index contributed by atoms with van der Waals surface area (Å²) in [5, 5.41) is 11.6. The maximum Gasteiger partial charge on any atom is 0.303 e. The van der Waals surface area contributed by atoms with E-state index in [1.54, 1.807) is 0 Å². The number of esters is 1. The van der Waals surface area contributed by atoms with Gasteiger partial charge in [0.25, 0.3) is 0 Å². The Kier molecular flexibility index (Phi) is 3.88. The standard InChI is InChI=1S/C23H30O6/c1-13(24)28-12-18(26)22(27)11-19-23(29-19)17-5-4-14-10-15(25)6-8-20(14,2)16(17)7-9-21(22,23)3/h10,16-17,19,27H,4-9,11-12H2,1-3H3. The molecule has 5 aliphatic rings. The van der Waals surface area contributed by atoms with Crippen molar-refractivity contribution < 1.29 is 29.0 Å². The summed E-state index contributed by atoms with van der Waals surface area (Å²) in [4.78, 5) is 36.1. The third kappa shape index (κ3) is 2.22. The molecule has 4 aliphatic carbocycles. The van der Waals surface area contributed by atoms with Crippen LogP contribution < -0.4 is 0 Å². The Morgan fingerprint density at radius 3 is 2.69 bits per heavy atom. The molecule has 1 heterocycles. The van der Waals surface area contributed by atoms with E-state index in [1.165, 1.54) is 12.5 Å². The summed E-state index contributed by atoms with van der Waals surface area (Å²) in [7, 11) is 0. The van der Waals surface area contributed by atoms with Crippen LogP contribution in [0.3, 0.4) is 0 Å². The van der Waals surface area contributed by atoms with E-state index in [-0.39, 0.29) is 36.2 Å². The van der Waals surface area contributed by atoms with Crippen LogP contribution in [-0.4, -0.2) is 46.6 Å². The molecule has 3 saturated carbocycles. The topological polar surface area (TPSA) is 93.2 Å². The van der Waals surface area contributed by atoms with E-state index < -0.39 is 28.4 Å². The third-order valence-electron chi connectivity index (χ3n) is 9.38. The van der Waals surface area contributed by atoms with Gasteiger partial charge in [-0.15, -0.1) is 0 Å². The molecule has 1 spiro atoms. The van der Waals surface area contributed by atoms with Gasteiger partial charge in [-0.1, -0.05) is 19.4 Å². The van der Waals surface area contributed by atoms with E-state index in [2.05, 4.69) is 6.92 Å². The highest BCUT2D eigenvalue weighted by molar-refractivity contribution is 5.92. The Bertz CT molecular complexity index is 846. The molecular formula is C23H30O6. The van der Waals surface area contributed by atoms with Gasteiger partial charge in [-0.05, 0) is 55.4 Å². The van der Waals surface area contributed by atoms with Crippen LogP contribution in [-0.2, 0) is 23.9 Å². The molecule has 7 atom stereocenters. The van der Waals surface area contributed by atoms with E-state index in [4.69, 9.17) is 9.47 Å². The highest BCUT2D eigenvalue weighted by Crippen LogP contribution is 2.77. The van der Waals surface area contributed by atoms with Crippen LogP contribution in [0.5, 0.6) is 0 Å². The average Bonchev–Trinajstić information content (AvgIpc) is 3.32. The summed E-state index contributed by atoms with van der Waals surface area (Å²) >= 11 is 0. The molecule has 1 saturated heterocycles. The van der Waals surface area contributed by atoms with Crippen molar-refractivity contribution in [2.24, 2.45) is 22.7 Å². The largest absolute Gasteiger partial charge is 0.458 e. The first kappa shape index (κ1) is 19.4. The number of hydrogen-bond donors (Lipinski definition) is 1. The van der Waals surface area contributed by atoms with Crippen molar-refractivity contribution in [1.82, 2.24) is 0 Å². The van der Waals surface area contributed by atoms with Gasteiger partial charge in [-0.25, -0.2) is 0 Å². The predicted molar refractivity (Wildman–Crippen MR) is 103 cm³/mol. The zero-order chi connectivity index (χ0) is 20.8. The molecule has 0 radical (unpaired) electrons. The number of ketones is 2. The lowest BCUT2D eigenvalue weighted by molar-refractivity contribution is -0.186. The summed E-state index contributed by atoms with van der Waals surface area (Å²) in [5.74, 6) is -0.00987. The van der Waals surface area contributed by atoms with Crippen molar-refractivity contribution in [3.63, 3.8) is 0 Å². The molecule has 7 unspecified atom stereocenters. The molecular weight excluding hydrogens is 372 g/mol. The van der Waals surface area contributed by atoms with Crippen LogP contribution >= 0.6 is 0 Å². The number of carbonyl (C=O) groups is 3. The lowest BCUT2D eigenvalue weighted by Gasteiger charge is -2.59. The molecule has 0 aromatic rings. The van der Waals surface area contributed by atoms with Gasteiger partial charge in [0.1, 0.15) is 11.2 Å². The molecule has 1 aliphatic heterocycles. The minimum absolute atomic E-state index is 0.00582. The molecule has 4 fully saturated rings. The Morgan fingerprint density at radius 2 is 1.97 bits per heavy atom. The Morgan fingerprint density at radius 1 is 1.21 bits per heavy atom. The molecule has 6 nitrogen and oxygen atoms in total. The maximum absolute atomic E-state index is 13.0. The Balaban J connectivity index is 1.48. The fraction of sp³-hybridized carbons (Fsp3) is 0.783. The number of aliphatic hydroxyl groups is 1. The number of rotatable bonds is 3. The van der Waals surface area contributed by atoms with Gasteiger partial charge >= 0.3 is 5.97 Å². The fourth-order valence-corrected chi connectivity index (χ4v) is 7.73. The van der Waals surface area contributed by atoms with E-state index in [0.717, 1.165) is 25.7 Å². The highest BCUT2D eigenvalue weighted by Gasteiger charge is 2.85. The van der Waals surface area contributed by atoms with Gasteiger partial charge < -0.3 is 14.6 Å². The van der Waals surface area contributed by atoms with Crippen LogP contribution in [0.15, 0.2) is 11.6 Å². The number of carbonyl (C=O) groups excluding carboxylic acids is 3. The van der Waals surface area contributed by atoms with E-state index in [1.807, 2.05) is 13.0 Å². The molecule has 1 N–H and O–H groups in total. The highest BCUT2D eigenvalue weighted by atomic mass is 16.6. The number of fused-ring (bicyclic) bond motifs is 3. The zero-order valence-electron chi connectivity index (χ0n) is 17.5. The number of allylic oxidation sites excluding steroid dienone is 1. The lowest BCUT2D eigenvalue weighted by atomic mass is 9.45. The predicted octanol–water partition coefficient (Wildman–Crippen LogP) is 2.51. The molecule has 0 aromatic heterocycles. The van der Waals surface area contributed by atoms with Gasteiger partial charge in [0.15, 0.2) is 12.4 Å². The van der Waals surface area contributed by atoms with Crippen molar-refractivity contribution in [1.29, 1.82) is 0 Å². The first-order valence-electron chi connectivity index (χ1n) is 10.9. The second-order valence-electron chi connectivity index (χ2n) is 10.3. The summed E-state index contributed by atoms with van der Waals surface area (Å²) in [5.41, 5.74) is -1.38. The summed E-state index contributed by atoms with van der Waals surface area (Å²) < 4.78 is 11.3. The summed E-state index contributed by atoms with van der Waals surface area (Å²) in [6.45, 7) is 5.18. The number of epoxide rings is 1. The molecule has 5 rings (SSSR count). The molecule has 6 heteroatoms. The molecule has 158 valence electrons. The minimum Gasteiger partial charge on any atom is -0.458 e. The first-order valence-corrected chi connectivity index (χ1v) is 10.9. The van der Waals surface area contributed by atoms with Gasteiger partial charge in [0.2, 0.25) is 5.78 Å². The normalized spacial score (nSPS) is 49.9. The molecule has 29 heavy (non-hydrogen) atoms. The smallest absolute Gasteiger partial charge is 0.303 e. The van der Waals surface area contributed by atoms with Crippen LogP contribution in [0.4, 0.5) is 0 Å². The molecule has 0 bridgehead atoms. The van der Waals surface area contributed by atoms with Crippen LogP contribution in [0, 0.1) is 22.7 Å². The van der Waals surface area contributed by atoms with Crippen molar-refractivity contribution in [2.75, 3.05) is 6.61 Å². The van der Waals surface area contributed by atoms with E-state index in [9.17, 15) is 19.5 Å². The van der Waals surface area contributed by atoms with Crippen LogP contribution in [0.1, 0.15) is 65.7 Å². The van der Waals surface area contributed by atoms with Gasteiger partial charge in [-0.2, -0.15) is 0 Å². The van der Waals surface area contributed by atoms with Crippen molar-refractivity contribution in [3.8, 4) is 0 Å². The van der Waals surface area contributed by atoms with E-state index >= 15 is 0 Å². The number of ether oxygens (including phenoxy) is 2. The molecule has 0 amide bonds. The monoisotopic (exact) mass is 402 g/mol. The minimum atomic E-state index is -1.52. The fourth-order valence-electron chi connectivity index (χ4n) is 7.73. The lowest BCUT2D eigenvalue weighted by Crippen LogP contribution is -2.63. The van der Waals surface area contributed by atoms with Gasteiger partial charge in [0.05, 0.1) is 6.10 Å². The summed E-state index contributed by atoms with van der Waals surface area (Å²) in [6.07, 6.45) is 6.94. The molecule has 0 aromatic carbocycles. The Hall–Kier alpha value is -1.53. The van der Waals surface area contributed by atoms with Crippen molar-refractivity contribution in [3.05, 3.63) is 11.6 Å². The van der Waals surface area contributed by atoms with Gasteiger partial charge in [-0.3, -0.25) is 14.4 Å². The summed E-state index contributed by atoms with van der Waals surface area (Å²) in [6, 6.07) is 0. The van der Waals surface area contributed by atoms with Crippen molar-refractivity contribution >= 4 is 17.5 Å². The van der Waals surface area contributed by atoms with Crippen LogP contribution in [0.2, 0.25) is 0 Å². The van der Waals surface area contributed by atoms with Crippen molar-refractivity contribution in [2.45, 2.75) is 83.0 Å². The SMILES string of the molecule is CC(=O)OCC(=O)C1(O)CC2OC23C2CCC4=CC(=O)CCC4(C)C2CCC13C. The first-order chi connectivity index (χ1) is 13.6. The number of Topliss-reactive ketones (excluding diaryl/α,β-unsaturated/α-hetero) is 1. The van der Waals surface area contributed by atoms with Gasteiger partial charge in [0, 0.05) is 25.2 Å². The average molecular weight is 402 g/mol. The number of hydrogen-bond acceptors (Lipinski definition) is 6.